The van der Waals surface area contributed by atoms with E-state index >= 15 is 0 Å². The Morgan fingerprint density at radius 3 is 2.75 bits per heavy atom. The minimum Gasteiger partial charge on any atom is -0.466 e. The summed E-state index contributed by atoms with van der Waals surface area (Å²) in [4.78, 5) is 11.0. The van der Waals surface area contributed by atoms with Gasteiger partial charge in [0.2, 0.25) is 0 Å². The zero-order chi connectivity index (χ0) is 9.19. The maximum atomic E-state index is 12.9. The summed E-state index contributed by atoms with van der Waals surface area (Å²) in [5.74, 6) is -4.79. The number of rotatable bonds is 2. The Balaban J connectivity index is 2.56. The smallest absolute Gasteiger partial charge is 0.315 e. The fourth-order valence-electron chi connectivity index (χ4n) is 1.46. The molecule has 1 fully saturated rings. The third-order valence-corrected chi connectivity index (χ3v) is 2.08. The molecule has 0 aromatic carbocycles. The van der Waals surface area contributed by atoms with Crippen molar-refractivity contribution < 1.29 is 18.3 Å². The molecule has 2 nitrogen and oxygen atoms in total. The van der Waals surface area contributed by atoms with Crippen molar-refractivity contribution in [1.82, 2.24) is 0 Å². The topological polar surface area (TPSA) is 26.3 Å². The van der Waals surface area contributed by atoms with Crippen LogP contribution in [0, 0.1) is 5.92 Å². The number of hydrogen-bond donors (Lipinski definition) is 0. The number of halogens is 2. The lowest BCUT2D eigenvalue weighted by Gasteiger charge is -2.16. The van der Waals surface area contributed by atoms with Gasteiger partial charge in [0, 0.05) is 6.42 Å². The standard InChI is InChI=1S/C8H12F2O2/c1-2-12-7(11)6-4-3-5-8(6,9)10/h6H,2-5H2,1H3/t6-/m0/s1. The summed E-state index contributed by atoms with van der Waals surface area (Å²) >= 11 is 0. The number of carbonyl (C=O) groups excluding carboxylic acids is 1. The number of esters is 1. The zero-order valence-corrected chi connectivity index (χ0v) is 6.98. The van der Waals surface area contributed by atoms with Gasteiger partial charge in [0.25, 0.3) is 5.92 Å². The normalized spacial score (nSPS) is 27.1. The lowest BCUT2D eigenvalue weighted by atomic mass is 10.1. The van der Waals surface area contributed by atoms with Gasteiger partial charge in [0.1, 0.15) is 5.92 Å². The van der Waals surface area contributed by atoms with E-state index in [0.29, 0.717) is 6.42 Å². The molecule has 1 atom stereocenters. The summed E-state index contributed by atoms with van der Waals surface area (Å²) in [6.07, 6.45) is 0.485. The fourth-order valence-corrected chi connectivity index (χ4v) is 1.46. The van der Waals surface area contributed by atoms with Crippen molar-refractivity contribution in [1.29, 1.82) is 0 Å². The number of alkyl halides is 2. The van der Waals surface area contributed by atoms with Crippen LogP contribution in [0.3, 0.4) is 0 Å². The van der Waals surface area contributed by atoms with Gasteiger partial charge in [0.05, 0.1) is 6.61 Å². The van der Waals surface area contributed by atoms with Crippen LogP contribution >= 0.6 is 0 Å². The van der Waals surface area contributed by atoms with E-state index < -0.39 is 17.8 Å². The monoisotopic (exact) mass is 178 g/mol. The van der Waals surface area contributed by atoms with Gasteiger partial charge in [-0.1, -0.05) is 0 Å². The van der Waals surface area contributed by atoms with Crippen LogP contribution in [0.15, 0.2) is 0 Å². The van der Waals surface area contributed by atoms with Crippen molar-refractivity contribution in [2.75, 3.05) is 6.61 Å². The highest BCUT2D eigenvalue weighted by atomic mass is 19.3. The Morgan fingerprint density at radius 1 is 1.67 bits per heavy atom. The molecular weight excluding hydrogens is 166 g/mol. The summed E-state index contributed by atoms with van der Waals surface area (Å²) in [6, 6.07) is 0. The maximum Gasteiger partial charge on any atom is 0.315 e. The second-order valence-corrected chi connectivity index (χ2v) is 2.96. The van der Waals surface area contributed by atoms with Crippen molar-refractivity contribution in [3.05, 3.63) is 0 Å². The van der Waals surface area contributed by atoms with Crippen molar-refractivity contribution in [2.24, 2.45) is 5.92 Å². The molecule has 1 rings (SSSR count). The first kappa shape index (κ1) is 9.42. The van der Waals surface area contributed by atoms with Crippen LogP contribution in [-0.4, -0.2) is 18.5 Å². The summed E-state index contributed by atoms with van der Waals surface area (Å²) in [7, 11) is 0. The van der Waals surface area contributed by atoms with E-state index in [1.165, 1.54) is 0 Å². The minimum absolute atomic E-state index is 0.172. The molecule has 70 valence electrons. The molecule has 0 heterocycles. The first-order valence-corrected chi connectivity index (χ1v) is 4.12. The average Bonchev–Trinajstić information content (AvgIpc) is 2.30. The second-order valence-electron chi connectivity index (χ2n) is 2.96. The van der Waals surface area contributed by atoms with E-state index in [-0.39, 0.29) is 19.4 Å². The molecule has 12 heavy (non-hydrogen) atoms. The second kappa shape index (κ2) is 3.37. The predicted octanol–water partition coefficient (Wildman–Crippen LogP) is 1.98. The summed E-state index contributed by atoms with van der Waals surface area (Å²) < 4.78 is 30.3. The predicted molar refractivity (Wildman–Crippen MR) is 38.9 cm³/mol. The highest BCUT2D eigenvalue weighted by Crippen LogP contribution is 2.40. The molecule has 0 unspecified atom stereocenters. The van der Waals surface area contributed by atoms with Crippen molar-refractivity contribution in [3.63, 3.8) is 0 Å². The van der Waals surface area contributed by atoms with Gasteiger partial charge in [-0.2, -0.15) is 0 Å². The minimum atomic E-state index is -2.84. The van der Waals surface area contributed by atoms with Crippen LogP contribution < -0.4 is 0 Å². The van der Waals surface area contributed by atoms with Gasteiger partial charge in [-0.3, -0.25) is 4.79 Å². The lowest BCUT2D eigenvalue weighted by molar-refractivity contribution is -0.159. The quantitative estimate of drug-likeness (QED) is 0.604. The summed E-state index contributed by atoms with van der Waals surface area (Å²) in [5.41, 5.74) is 0. The molecule has 0 bridgehead atoms. The zero-order valence-electron chi connectivity index (χ0n) is 6.98. The van der Waals surface area contributed by atoms with Crippen LogP contribution in [-0.2, 0) is 9.53 Å². The van der Waals surface area contributed by atoms with E-state index in [1.807, 2.05) is 0 Å². The Bertz CT molecular complexity index is 180. The Labute approximate surface area is 69.9 Å². The largest absolute Gasteiger partial charge is 0.466 e. The Hall–Kier alpha value is -0.670. The van der Waals surface area contributed by atoms with Gasteiger partial charge in [-0.15, -0.1) is 0 Å². The van der Waals surface area contributed by atoms with Crippen LogP contribution in [0.4, 0.5) is 8.78 Å². The lowest BCUT2D eigenvalue weighted by Crippen LogP contribution is -2.30. The van der Waals surface area contributed by atoms with E-state index in [2.05, 4.69) is 4.74 Å². The highest BCUT2D eigenvalue weighted by molar-refractivity contribution is 5.74. The molecular formula is C8H12F2O2. The van der Waals surface area contributed by atoms with E-state index in [9.17, 15) is 13.6 Å². The highest BCUT2D eigenvalue weighted by Gasteiger charge is 2.48. The van der Waals surface area contributed by atoms with Gasteiger partial charge < -0.3 is 4.74 Å². The maximum absolute atomic E-state index is 12.9. The molecule has 4 heteroatoms. The van der Waals surface area contributed by atoms with Gasteiger partial charge >= 0.3 is 5.97 Å². The summed E-state index contributed by atoms with van der Waals surface area (Å²) in [6.45, 7) is 1.79. The number of ether oxygens (including phenoxy) is 1. The van der Waals surface area contributed by atoms with E-state index in [4.69, 9.17) is 0 Å². The van der Waals surface area contributed by atoms with Crippen LogP contribution in [0.25, 0.3) is 0 Å². The molecule has 0 N–H and O–H groups in total. The third kappa shape index (κ3) is 1.73. The van der Waals surface area contributed by atoms with Crippen molar-refractivity contribution in [2.45, 2.75) is 32.1 Å². The van der Waals surface area contributed by atoms with Crippen molar-refractivity contribution in [3.8, 4) is 0 Å². The summed E-state index contributed by atoms with van der Waals surface area (Å²) in [5, 5.41) is 0. The van der Waals surface area contributed by atoms with Crippen LogP contribution in [0.1, 0.15) is 26.2 Å². The van der Waals surface area contributed by atoms with Crippen LogP contribution in [0.5, 0.6) is 0 Å². The Kier molecular flexibility index (Phi) is 2.65. The first-order valence-electron chi connectivity index (χ1n) is 4.12. The van der Waals surface area contributed by atoms with Gasteiger partial charge in [0.15, 0.2) is 0 Å². The van der Waals surface area contributed by atoms with E-state index in [1.54, 1.807) is 6.92 Å². The molecule has 0 spiro atoms. The molecule has 1 saturated carbocycles. The Morgan fingerprint density at radius 2 is 2.33 bits per heavy atom. The molecule has 0 aromatic heterocycles. The fraction of sp³-hybridized carbons (Fsp3) is 0.875. The number of carbonyl (C=O) groups is 1. The average molecular weight is 178 g/mol. The molecule has 0 radical (unpaired) electrons. The van der Waals surface area contributed by atoms with Crippen molar-refractivity contribution >= 4 is 5.97 Å². The molecule has 0 aliphatic heterocycles. The number of hydrogen-bond acceptors (Lipinski definition) is 2. The third-order valence-electron chi connectivity index (χ3n) is 2.08. The van der Waals surface area contributed by atoms with Crippen LogP contribution in [0.2, 0.25) is 0 Å². The SMILES string of the molecule is CCOC(=O)[C@@H]1CCCC1(F)F. The molecule has 0 amide bonds. The van der Waals surface area contributed by atoms with Gasteiger partial charge in [-0.05, 0) is 19.8 Å². The molecule has 1 aliphatic carbocycles. The molecule has 0 saturated heterocycles. The molecule has 0 aromatic rings. The van der Waals surface area contributed by atoms with E-state index in [0.717, 1.165) is 0 Å². The molecule has 1 aliphatic rings. The van der Waals surface area contributed by atoms with Gasteiger partial charge in [-0.25, -0.2) is 8.78 Å². The first-order chi connectivity index (χ1) is 5.58.